The van der Waals surface area contributed by atoms with Crippen LogP contribution in [0.15, 0.2) is 12.1 Å². The molecule has 1 fully saturated rings. The molecular formula is C13H14F5NO2. The Kier molecular flexibility index (Phi) is 4.67. The lowest BCUT2D eigenvalue weighted by atomic mass is 10.2. The topological polar surface area (TPSA) is 41.5 Å². The van der Waals surface area contributed by atoms with Crippen LogP contribution in [0.2, 0.25) is 0 Å². The van der Waals surface area contributed by atoms with Crippen molar-refractivity contribution >= 4 is 0 Å². The van der Waals surface area contributed by atoms with Crippen LogP contribution in [-0.4, -0.2) is 30.0 Å². The van der Waals surface area contributed by atoms with Crippen molar-refractivity contribution in [1.29, 1.82) is 0 Å². The standard InChI is InChI=1S/C13H14F5NO2/c14-9-3-7(5-19-8-1-2-8)4-10(15)12(9)21-6-11(20)13(16,17)18/h3-4,8,11,19-20H,1-2,5-6H2. The zero-order valence-corrected chi connectivity index (χ0v) is 10.9. The van der Waals surface area contributed by atoms with E-state index < -0.39 is 36.3 Å². The quantitative estimate of drug-likeness (QED) is 0.793. The summed E-state index contributed by atoms with van der Waals surface area (Å²) in [6, 6.07) is 2.34. The summed E-state index contributed by atoms with van der Waals surface area (Å²) in [6.07, 6.45) is -5.67. The van der Waals surface area contributed by atoms with Gasteiger partial charge in [0.2, 0.25) is 0 Å². The van der Waals surface area contributed by atoms with Crippen molar-refractivity contribution in [2.75, 3.05) is 6.61 Å². The van der Waals surface area contributed by atoms with Crippen LogP contribution < -0.4 is 10.1 Å². The lowest BCUT2D eigenvalue weighted by Gasteiger charge is -2.16. The molecule has 0 bridgehead atoms. The van der Waals surface area contributed by atoms with Gasteiger partial charge in [0.25, 0.3) is 0 Å². The summed E-state index contributed by atoms with van der Waals surface area (Å²) in [5, 5.41) is 11.8. The van der Waals surface area contributed by atoms with Gasteiger partial charge in [0.15, 0.2) is 23.5 Å². The molecule has 1 aliphatic carbocycles. The summed E-state index contributed by atoms with van der Waals surface area (Å²) in [4.78, 5) is 0. The largest absolute Gasteiger partial charge is 0.484 e. The summed E-state index contributed by atoms with van der Waals surface area (Å²) in [6.45, 7) is -0.999. The van der Waals surface area contributed by atoms with Crippen molar-refractivity contribution in [1.82, 2.24) is 5.32 Å². The van der Waals surface area contributed by atoms with Gasteiger partial charge in [-0.05, 0) is 30.5 Å². The number of aliphatic hydroxyl groups is 1. The minimum absolute atomic E-state index is 0.268. The van der Waals surface area contributed by atoms with Gasteiger partial charge in [-0.3, -0.25) is 0 Å². The van der Waals surface area contributed by atoms with E-state index in [1.54, 1.807) is 0 Å². The van der Waals surface area contributed by atoms with Crippen molar-refractivity contribution in [2.45, 2.75) is 37.7 Å². The van der Waals surface area contributed by atoms with Gasteiger partial charge in [-0.2, -0.15) is 13.2 Å². The summed E-state index contributed by atoms with van der Waals surface area (Å²) >= 11 is 0. The molecule has 2 N–H and O–H groups in total. The van der Waals surface area contributed by atoms with Crippen LogP contribution >= 0.6 is 0 Å². The predicted octanol–water partition coefficient (Wildman–Crippen LogP) is 2.52. The highest BCUT2D eigenvalue weighted by Crippen LogP contribution is 2.26. The third-order valence-corrected chi connectivity index (χ3v) is 2.99. The molecular weight excluding hydrogens is 297 g/mol. The van der Waals surface area contributed by atoms with Gasteiger partial charge in [-0.25, -0.2) is 8.78 Å². The molecule has 1 saturated carbocycles. The fourth-order valence-electron chi connectivity index (χ4n) is 1.66. The molecule has 0 saturated heterocycles. The molecule has 2 rings (SSSR count). The smallest absolute Gasteiger partial charge is 0.417 e. The van der Waals surface area contributed by atoms with Crippen molar-refractivity contribution < 1.29 is 31.8 Å². The molecule has 8 heteroatoms. The highest BCUT2D eigenvalue weighted by atomic mass is 19.4. The van der Waals surface area contributed by atoms with E-state index >= 15 is 0 Å². The van der Waals surface area contributed by atoms with E-state index in [2.05, 4.69) is 10.1 Å². The minimum Gasteiger partial charge on any atom is -0.484 e. The zero-order chi connectivity index (χ0) is 15.6. The number of ether oxygens (including phenoxy) is 1. The average molecular weight is 311 g/mol. The minimum atomic E-state index is -4.90. The van der Waals surface area contributed by atoms with Gasteiger partial charge in [0, 0.05) is 12.6 Å². The van der Waals surface area contributed by atoms with Gasteiger partial charge in [0.05, 0.1) is 0 Å². The highest BCUT2D eigenvalue weighted by molar-refractivity contribution is 5.31. The van der Waals surface area contributed by atoms with E-state index in [-0.39, 0.29) is 6.54 Å². The average Bonchev–Trinajstić information content (AvgIpc) is 3.17. The fraction of sp³-hybridized carbons (Fsp3) is 0.538. The Bertz CT molecular complexity index is 479. The summed E-state index contributed by atoms with van der Waals surface area (Å²) < 4.78 is 67.9. The Labute approximate surface area is 117 Å². The van der Waals surface area contributed by atoms with Gasteiger partial charge in [-0.15, -0.1) is 0 Å². The van der Waals surface area contributed by atoms with Crippen LogP contribution in [0.25, 0.3) is 0 Å². The normalized spacial score (nSPS) is 16.9. The second-order valence-corrected chi connectivity index (χ2v) is 4.91. The molecule has 118 valence electrons. The van der Waals surface area contributed by atoms with Gasteiger partial charge in [-0.1, -0.05) is 0 Å². The number of hydrogen-bond donors (Lipinski definition) is 2. The summed E-state index contributed by atoms with van der Waals surface area (Å²) in [7, 11) is 0. The SMILES string of the molecule is OC(COc1c(F)cc(CNC2CC2)cc1F)C(F)(F)F. The lowest BCUT2D eigenvalue weighted by Crippen LogP contribution is -2.34. The van der Waals surface area contributed by atoms with Crippen LogP contribution in [0.1, 0.15) is 18.4 Å². The third kappa shape index (κ3) is 4.53. The number of benzene rings is 1. The van der Waals surface area contributed by atoms with Crippen LogP contribution in [0.4, 0.5) is 22.0 Å². The number of hydrogen-bond acceptors (Lipinski definition) is 3. The first-order valence-corrected chi connectivity index (χ1v) is 6.36. The fourth-order valence-corrected chi connectivity index (χ4v) is 1.66. The lowest BCUT2D eigenvalue weighted by molar-refractivity contribution is -0.211. The molecule has 3 nitrogen and oxygen atoms in total. The molecule has 1 unspecified atom stereocenters. The monoisotopic (exact) mass is 311 g/mol. The van der Waals surface area contributed by atoms with Crippen LogP contribution in [0.3, 0.4) is 0 Å². The van der Waals surface area contributed by atoms with Crippen molar-refractivity contribution in [3.63, 3.8) is 0 Å². The number of halogens is 5. The summed E-state index contributed by atoms with van der Waals surface area (Å²) in [5.41, 5.74) is 0.334. The van der Waals surface area contributed by atoms with Crippen molar-refractivity contribution in [2.24, 2.45) is 0 Å². The Balaban J connectivity index is 1.99. The Morgan fingerprint density at radius 1 is 1.24 bits per heavy atom. The first-order valence-electron chi connectivity index (χ1n) is 6.36. The Morgan fingerprint density at radius 2 is 1.81 bits per heavy atom. The molecule has 0 spiro atoms. The van der Waals surface area contributed by atoms with E-state index in [0.717, 1.165) is 25.0 Å². The molecule has 1 aromatic rings. The molecule has 21 heavy (non-hydrogen) atoms. The number of aliphatic hydroxyl groups excluding tert-OH is 1. The maximum Gasteiger partial charge on any atom is 0.417 e. The third-order valence-electron chi connectivity index (χ3n) is 2.99. The van der Waals surface area contributed by atoms with E-state index in [1.807, 2.05) is 0 Å². The van der Waals surface area contributed by atoms with E-state index in [0.29, 0.717) is 11.6 Å². The van der Waals surface area contributed by atoms with Gasteiger partial charge in [0.1, 0.15) is 6.61 Å². The molecule has 0 radical (unpaired) electrons. The number of rotatable bonds is 6. The second-order valence-electron chi connectivity index (χ2n) is 4.91. The molecule has 0 aromatic heterocycles. The highest BCUT2D eigenvalue weighted by Gasteiger charge is 2.39. The van der Waals surface area contributed by atoms with Gasteiger partial charge >= 0.3 is 6.18 Å². The maximum absolute atomic E-state index is 13.6. The second kappa shape index (κ2) is 6.15. The Morgan fingerprint density at radius 3 is 2.29 bits per heavy atom. The first kappa shape index (κ1) is 16.0. The molecule has 1 atom stereocenters. The molecule has 1 aliphatic rings. The number of alkyl halides is 3. The van der Waals surface area contributed by atoms with Gasteiger partial charge < -0.3 is 15.2 Å². The predicted molar refractivity (Wildman–Crippen MR) is 63.8 cm³/mol. The number of nitrogens with one attached hydrogen (secondary N) is 1. The van der Waals surface area contributed by atoms with Crippen LogP contribution in [0.5, 0.6) is 5.75 Å². The molecule has 0 aliphatic heterocycles. The van der Waals surface area contributed by atoms with Crippen molar-refractivity contribution in [3.8, 4) is 5.75 Å². The molecule has 1 aromatic carbocycles. The molecule has 0 amide bonds. The van der Waals surface area contributed by atoms with E-state index in [9.17, 15) is 22.0 Å². The van der Waals surface area contributed by atoms with Crippen molar-refractivity contribution in [3.05, 3.63) is 29.3 Å². The maximum atomic E-state index is 13.6. The van der Waals surface area contributed by atoms with Crippen LogP contribution in [-0.2, 0) is 6.54 Å². The van der Waals surface area contributed by atoms with E-state index in [1.165, 1.54) is 0 Å². The molecule has 0 heterocycles. The van der Waals surface area contributed by atoms with E-state index in [4.69, 9.17) is 5.11 Å². The zero-order valence-electron chi connectivity index (χ0n) is 10.9. The Hall–Kier alpha value is -1.41. The first-order chi connectivity index (χ1) is 9.77. The van der Waals surface area contributed by atoms with Crippen LogP contribution in [0, 0.1) is 11.6 Å². The summed E-state index contributed by atoms with van der Waals surface area (Å²) in [5.74, 6) is -3.12.